The molecule has 1 aromatic heterocycles. The summed E-state index contributed by atoms with van der Waals surface area (Å²) in [4.78, 5) is 12.3. The van der Waals surface area contributed by atoms with Gasteiger partial charge in [-0.25, -0.2) is 0 Å². The molecule has 0 aliphatic carbocycles. The molecule has 0 spiro atoms. The molecule has 2 aromatic carbocycles. The topological polar surface area (TPSA) is 64.4 Å². The van der Waals surface area contributed by atoms with Crippen molar-refractivity contribution in [2.45, 2.75) is 13.0 Å². The summed E-state index contributed by atoms with van der Waals surface area (Å²) in [6.07, 6.45) is 0. The van der Waals surface area contributed by atoms with E-state index in [1.54, 1.807) is 19.2 Å². The summed E-state index contributed by atoms with van der Waals surface area (Å²) < 4.78 is 10.5. The first-order chi connectivity index (χ1) is 11.2. The summed E-state index contributed by atoms with van der Waals surface area (Å²) in [6.45, 7) is 2.37. The minimum absolute atomic E-state index is 0.0562. The molecule has 1 heterocycles. The summed E-state index contributed by atoms with van der Waals surface area (Å²) in [5.74, 6) is 0.525. The van der Waals surface area contributed by atoms with Crippen LogP contribution in [0.2, 0.25) is 0 Å². The van der Waals surface area contributed by atoms with Gasteiger partial charge in [-0.2, -0.15) is 0 Å². The van der Waals surface area contributed by atoms with Crippen LogP contribution in [0.1, 0.15) is 17.3 Å². The van der Waals surface area contributed by atoms with E-state index in [0.29, 0.717) is 17.9 Å². The van der Waals surface area contributed by atoms with Crippen molar-refractivity contribution in [3.8, 4) is 11.3 Å². The summed E-state index contributed by atoms with van der Waals surface area (Å²) in [7, 11) is 1.61. The van der Waals surface area contributed by atoms with Crippen molar-refractivity contribution >= 4 is 16.8 Å². The first-order valence-corrected chi connectivity index (χ1v) is 7.43. The van der Waals surface area contributed by atoms with Gasteiger partial charge in [-0.3, -0.25) is 4.79 Å². The number of fused-ring (bicyclic) bond motifs is 1. The highest BCUT2D eigenvalue weighted by Crippen LogP contribution is 2.29. The normalized spacial score (nSPS) is 12.3. The van der Waals surface area contributed by atoms with Gasteiger partial charge in [-0.1, -0.05) is 35.5 Å². The van der Waals surface area contributed by atoms with Crippen molar-refractivity contribution < 1.29 is 14.1 Å². The first kappa shape index (κ1) is 15.2. The maximum absolute atomic E-state index is 12.3. The fourth-order valence-electron chi connectivity index (χ4n) is 2.48. The summed E-state index contributed by atoms with van der Waals surface area (Å²) in [5.41, 5.74) is 2.23. The fraction of sp³-hybridized carbons (Fsp3) is 0.222. The molecule has 1 amide bonds. The van der Waals surface area contributed by atoms with Crippen molar-refractivity contribution in [2.24, 2.45) is 0 Å². The van der Waals surface area contributed by atoms with Crippen molar-refractivity contribution in [3.05, 3.63) is 54.1 Å². The van der Waals surface area contributed by atoms with E-state index in [1.807, 2.05) is 43.3 Å². The summed E-state index contributed by atoms with van der Waals surface area (Å²) in [6, 6.07) is 15.0. The predicted octanol–water partition coefficient (Wildman–Crippen LogP) is 3.26. The Labute approximate surface area is 134 Å². The number of benzene rings is 2. The quantitative estimate of drug-likeness (QED) is 0.785. The second kappa shape index (κ2) is 6.62. The lowest BCUT2D eigenvalue weighted by molar-refractivity contribution is 0.0905. The van der Waals surface area contributed by atoms with E-state index in [1.165, 1.54) is 0 Å². The first-order valence-electron chi connectivity index (χ1n) is 7.43. The molecule has 118 valence electrons. The van der Waals surface area contributed by atoms with Gasteiger partial charge in [0.25, 0.3) is 5.91 Å². The Morgan fingerprint density at radius 1 is 1.26 bits per heavy atom. The van der Waals surface area contributed by atoms with Gasteiger partial charge in [0.15, 0.2) is 5.76 Å². The van der Waals surface area contributed by atoms with Gasteiger partial charge in [0.2, 0.25) is 0 Å². The number of amides is 1. The number of carbonyl (C=O) groups is 1. The number of methoxy groups -OCH3 is 1. The third kappa shape index (κ3) is 3.24. The molecule has 0 bridgehead atoms. The zero-order chi connectivity index (χ0) is 16.2. The molecule has 23 heavy (non-hydrogen) atoms. The molecule has 0 aliphatic heterocycles. The fourth-order valence-corrected chi connectivity index (χ4v) is 2.48. The molecule has 5 heteroatoms. The lowest BCUT2D eigenvalue weighted by Gasteiger charge is -2.12. The van der Waals surface area contributed by atoms with Gasteiger partial charge in [0.05, 0.1) is 12.0 Å². The van der Waals surface area contributed by atoms with Crippen LogP contribution in [0.15, 0.2) is 53.1 Å². The third-order valence-electron chi connectivity index (χ3n) is 3.57. The Kier molecular flexibility index (Phi) is 4.39. The molecule has 0 saturated carbocycles. The van der Waals surface area contributed by atoms with Crippen molar-refractivity contribution in [2.75, 3.05) is 13.7 Å². The maximum Gasteiger partial charge on any atom is 0.251 e. The average molecular weight is 310 g/mol. The number of hydrogen-bond donors (Lipinski definition) is 1. The van der Waals surface area contributed by atoms with Crippen LogP contribution in [0.25, 0.3) is 22.2 Å². The number of rotatable bonds is 5. The smallest absolute Gasteiger partial charge is 0.251 e. The molecule has 5 nitrogen and oxygen atoms in total. The minimum atomic E-state index is -0.142. The van der Waals surface area contributed by atoms with Crippen LogP contribution in [-0.2, 0) is 4.74 Å². The van der Waals surface area contributed by atoms with E-state index in [2.05, 4.69) is 10.5 Å². The molecule has 0 aliphatic rings. The number of aromatic nitrogens is 1. The monoisotopic (exact) mass is 310 g/mol. The van der Waals surface area contributed by atoms with E-state index in [0.717, 1.165) is 16.5 Å². The van der Waals surface area contributed by atoms with Crippen LogP contribution in [0.5, 0.6) is 0 Å². The SMILES string of the molecule is COCC(C)NC(=O)c1ccc2noc(-c3ccccc3)c2c1. The van der Waals surface area contributed by atoms with Gasteiger partial charge in [0, 0.05) is 24.3 Å². The lowest BCUT2D eigenvalue weighted by Crippen LogP contribution is -2.35. The van der Waals surface area contributed by atoms with E-state index in [9.17, 15) is 4.79 Å². The van der Waals surface area contributed by atoms with E-state index in [4.69, 9.17) is 9.26 Å². The maximum atomic E-state index is 12.3. The molecule has 0 saturated heterocycles. The predicted molar refractivity (Wildman–Crippen MR) is 88.2 cm³/mol. The van der Waals surface area contributed by atoms with Crippen molar-refractivity contribution in [1.29, 1.82) is 0 Å². The number of carbonyl (C=O) groups excluding carboxylic acids is 1. The molecule has 3 aromatic rings. The molecule has 1 N–H and O–H groups in total. The highest BCUT2D eigenvalue weighted by atomic mass is 16.5. The Morgan fingerprint density at radius 3 is 2.78 bits per heavy atom. The average Bonchev–Trinajstić information content (AvgIpc) is 2.99. The van der Waals surface area contributed by atoms with Crippen molar-refractivity contribution in [1.82, 2.24) is 10.5 Å². The third-order valence-corrected chi connectivity index (χ3v) is 3.57. The molecular weight excluding hydrogens is 292 g/mol. The highest BCUT2D eigenvalue weighted by Gasteiger charge is 2.15. The second-order valence-corrected chi connectivity index (χ2v) is 5.44. The highest BCUT2D eigenvalue weighted by molar-refractivity contribution is 6.01. The lowest BCUT2D eigenvalue weighted by atomic mass is 10.1. The van der Waals surface area contributed by atoms with Gasteiger partial charge < -0.3 is 14.6 Å². The molecule has 1 unspecified atom stereocenters. The van der Waals surface area contributed by atoms with E-state index in [-0.39, 0.29) is 11.9 Å². The van der Waals surface area contributed by atoms with Crippen LogP contribution in [-0.4, -0.2) is 30.8 Å². The molecule has 0 radical (unpaired) electrons. The number of nitrogens with zero attached hydrogens (tertiary/aromatic N) is 1. The van der Waals surface area contributed by atoms with Crippen LogP contribution in [0.3, 0.4) is 0 Å². The Balaban J connectivity index is 1.93. The van der Waals surface area contributed by atoms with Gasteiger partial charge in [-0.15, -0.1) is 0 Å². The summed E-state index contributed by atoms with van der Waals surface area (Å²) >= 11 is 0. The molecule has 0 fully saturated rings. The summed E-state index contributed by atoms with van der Waals surface area (Å²) in [5, 5.41) is 7.78. The van der Waals surface area contributed by atoms with Crippen LogP contribution < -0.4 is 5.32 Å². The van der Waals surface area contributed by atoms with Crippen LogP contribution in [0.4, 0.5) is 0 Å². The van der Waals surface area contributed by atoms with Crippen LogP contribution in [0, 0.1) is 0 Å². The number of hydrogen-bond acceptors (Lipinski definition) is 4. The minimum Gasteiger partial charge on any atom is -0.383 e. The Hall–Kier alpha value is -2.66. The Bertz CT molecular complexity index is 812. The number of ether oxygens (including phenoxy) is 1. The zero-order valence-electron chi connectivity index (χ0n) is 13.1. The van der Waals surface area contributed by atoms with Gasteiger partial charge >= 0.3 is 0 Å². The second-order valence-electron chi connectivity index (χ2n) is 5.44. The van der Waals surface area contributed by atoms with Crippen LogP contribution >= 0.6 is 0 Å². The number of nitrogens with one attached hydrogen (secondary N) is 1. The zero-order valence-corrected chi connectivity index (χ0v) is 13.1. The van der Waals surface area contributed by atoms with Crippen molar-refractivity contribution in [3.63, 3.8) is 0 Å². The Morgan fingerprint density at radius 2 is 2.04 bits per heavy atom. The van der Waals surface area contributed by atoms with E-state index < -0.39 is 0 Å². The molecule has 1 atom stereocenters. The van der Waals surface area contributed by atoms with Gasteiger partial charge in [0.1, 0.15) is 5.52 Å². The van der Waals surface area contributed by atoms with Gasteiger partial charge in [-0.05, 0) is 25.1 Å². The standard InChI is InChI=1S/C18H18N2O3/c1-12(11-22-2)19-18(21)14-8-9-16-15(10-14)17(23-20-16)13-6-4-3-5-7-13/h3-10,12H,11H2,1-2H3,(H,19,21). The largest absolute Gasteiger partial charge is 0.383 e. The molecule has 3 rings (SSSR count). The molecular formula is C18H18N2O3. The van der Waals surface area contributed by atoms with E-state index >= 15 is 0 Å².